The zero-order valence-electron chi connectivity index (χ0n) is 27.3. The zero-order chi connectivity index (χ0) is 35.8. The summed E-state index contributed by atoms with van der Waals surface area (Å²) in [6, 6.07) is 30.1. The van der Waals surface area contributed by atoms with E-state index in [1.54, 1.807) is 68.3 Å². The van der Waals surface area contributed by atoms with Crippen LogP contribution in [-0.4, -0.2) is 48.3 Å². The van der Waals surface area contributed by atoms with Gasteiger partial charge < -0.3 is 14.2 Å². The molecule has 0 saturated heterocycles. The number of aromatic nitrogens is 2. The second-order valence-corrected chi connectivity index (χ2v) is 10.8. The molecule has 3 N–H and O–H groups in total. The van der Waals surface area contributed by atoms with Crippen molar-refractivity contribution in [1.29, 1.82) is 0 Å². The van der Waals surface area contributed by atoms with Crippen LogP contribution in [0.25, 0.3) is 16.9 Å². The topological polar surface area (TPSA) is 141 Å². The highest BCUT2D eigenvalue weighted by molar-refractivity contribution is 6.31. The van der Waals surface area contributed by atoms with Gasteiger partial charge in [0.05, 0.1) is 32.2 Å². The maximum absolute atomic E-state index is 11.8. The van der Waals surface area contributed by atoms with Crippen molar-refractivity contribution in [3.05, 3.63) is 129 Å². The molecule has 5 rings (SSSR count). The number of nitrogens with one attached hydrogen (secondary N) is 3. The SMILES string of the molecule is C.C.C.CCOC(=O)CC(=O)c1ccc(Cl)cc1.COc1ccccc1-n1[nH]c(=O)cc1-c1ccc(Cl)cc1.COc1ccccc1NNC(C)=O. The summed E-state index contributed by atoms with van der Waals surface area (Å²) >= 11 is 11.6. The summed E-state index contributed by atoms with van der Waals surface area (Å²) in [5.41, 5.74) is 8.65. The van der Waals surface area contributed by atoms with Crippen LogP contribution in [0.2, 0.25) is 10.0 Å². The predicted molar refractivity (Wildman–Crippen MR) is 211 cm³/mol. The monoisotopic (exact) mass is 754 g/mol. The number of methoxy groups -OCH3 is 2. The molecule has 0 unspecified atom stereocenters. The Morgan fingerprint density at radius 3 is 1.87 bits per heavy atom. The van der Waals surface area contributed by atoms with E-state index in [0.717, 1.165) is 22.6 Å². The Bertz CT molecular complexity index is 1890. The summed E-state index contributed by atoms with van der Waals surface area (Å²) in [4.78, 5) is 44.9. The van der Waals surface area contributed by atoms with Crippen molar-refractivity contribution in [1.82, 2.24) is 15.2 Å². The number of ether oxygens (including phenoxy) is 3. The minimum atomic E-state index is -0.502. The smallest absolute Gasteiger partial charge is 0.313 e. The van der Waals surface area contributed by atoms with Gasteiger partial charge >= 0.3 is 5.97 Å². The van der Waals surface area contributed by atoms with Crippen molar-refractivity contribution in [2.45, 2.75) is 42.5 Å². The number of benzene rings is 4. The number of hydrogen-bond donors (Lipinski definition) is 3. The number of carbonyl (C=O) groups is 3. The Morgan fingerprint density at radius 1 is 0.769 bits per heavy atom. The van der Waals surface area contributed by atoms with Gasteiger partial charge in [0.15, 0.2) is 5.78 Å². The van der Waals surface area contributed by atoms with E-state index in [-0.39, 0.29) is 52.6 Å². The lowest BCUT2D eigenvalue weighted by atomic mass is 10.1. The molecule has 0 atom stereocenters. The maximum Gasteiger partial charge on any atom is 0.313 e. The van der Waals surface area contributed by atoms with E-state index in [2.05, 4.69) is 20.7 Å². The lowest BCUT2D eigenvalue weighted by Crippen LogP contribution is -2.26. The normalized spacial score (nSPS) is 9.35. The standard InChI is InChI=1S/C16H13ClN2O2.C11H11ClO3.C9H12N2O2.3CH4/c1-21-15-5-3-2-4-13(15)19-14(10-16(20)18-19)11-6-8-12(17)9-7-11;1-2-15-11(14)7-10(13)8-3-5-9(12)6-4-8;1-7(12)10-11-8-5-3-4-6-9(8)13-2;;;/h2-10H,1H3,(H,18,20);3-6H,2,7H2,1H3;3-6,11H,1-2H3,(H,10,12);3*1H4. The van der Waals surface area contributed by atoms with Crippen LogP contribution in [0.3, 0.4) is 0 Å². The van der Waals surface area contributed by atoms with Gasteiger partial charge in [-0.15, -0.1) is 0 Å². The molecular weight excluding hydrogens is 707 g/mol. The Kier molecular flexibility index (Phi) is 21.3. The van der Waals surface area contributed by atoms with Crippen LogP contribution >= 0.6 is 23.2 Å². The molecule has 11 nitrogen and oxygen atoms in total. The molecule has 1 amide bonds. The number of hydrogen-bond acceptors (Lipinski definition) is 8. The third kappa shape index (κ3) is 14.4. The van der Waals surface area contributed by atoms with Gasteiger partial charge in [-0.05, 0) is 67.6 Å². The van der Waals surface area contributed by atoms with Crippen LogP contribution in [0.15, 0.2) is 108 Å². The van der Waals surface area contributed by atoms with E-state index < -0.39 is 5.97 Å². The van der Waals surface area contributed by atoms with Crippen LogP contribution in [0.4, 0.5) is 5.69 Å². The Labute approximate surface area is 315 Å². The van der Waals surface area contributed by atoms with Crippen molar-refractivity contribution in [2.75, 3.05) is 26.3 Å². The Morgan fingerprint density at radius 2 is 1.31 bits per heavy atom. The summed E-state index contributed by atoms with van der Waals surface area (Å²) in [5, 5.41) is 4.01. The van der Waals surface area contributed by atoms with Crippen LogP contribution in [0.5, 0.6) is 11.5 Å². The van der Waals surface area contributed by atoms with Gasteiger partial charge in [0.1, 0.15) is 23.6 Å². The number of nitrogens with zero attached hydrogens (tertiary/aromatic N) is 1. The number of H-pyrrole nitrogens is 1. The van der Waals surface area contributed by atoms with Crippen molar-refractivity contribution in [2.24, 2.45) is 0 Å². The molecule has 1 heterocycles. The second kappa shape index (κ2) is 23.8. The summed E-state index contributed by atoms with van der Waals surface area (Å²) in [7, 11) is 3.18. The number of halogens is 2. The highest BCUT2D eigenvalue weighted by Gasteiger charge is 2.13. The van der Waals surface area contributed by atoms with Crippen molar-refractivity contribution in [3.63, 3.8) is 0 Å². The molecule has 0 saturated carbocycles. The van der Waals surface area contributed by atoms with Gasteiger partial charge in [0.25, 0.3) is 5.56 Å². The number of para-hydroxylation sites is 4. The zero-order valence-corrected chi connectivity index (χ0v) is 28.8. The fraction of sp³-hybridized carbons (Fsp3) is 0.231. The quantitative estimate of drug-likeness (QED) is 0.0555. The lowest BCUT2D eigenvalue weighted by Gasteiger charge is -2.12. The largest absolute Gasteiger partial charge is 0.495 e. The van der Waals surface area contributed by atoms with Crippen molar-refractivity contribution < 1.29 is 28.6 Å². The minimum Gasteiger partial charge on any atom is -0.495 e. The van der Waals surface area contributed by atoms with Gasteiger partial charge in [0.2, 0.25) is 5.91 Å². The molecule has 5 aromatic rings. The van der Waals surface area contributed by atoms with Crippen LogP contribution < -0.4 is 25.9 Å². The molecule has 280 valence electrons. The average molecular weight is 756 g/mol. The molecule has 52 heavy (non-hydrogen) atoms. The maximum atomic E-state index is 11.8. The molecule has 0 radical (unpaired) electrons. The number of anilines is 1. The molecule has 0 aliphatic rings. The first-order valence-corrected chi connectivity index (χ1v) is 15.6. The highest BCUT2D eigenvalue weighted by atomic mass is 35.5. The molecule has 0 aliphatic heterocycles. The number of esters is 1. The number of rotatable bonds is 10. The van der Waals surface area contributed by atoms with Crippen molar-refractivity contribution in [3.8, 4) is 28.4 Å². The number of hydrazine groups is 1. The summed E-state index contributed by atoms with van der Waals surface area (Å²) < 4.78 is 16.8. The Balaban J connectivity index is 0.000000755. The number of aromatic amines is 1. The third-order valence-electron chi connectivity index (χ3n) is 6.45. The first-order valence-electron chi connectivity index (χ1n) is 14.9. The lowest BCUT2D eigenvalue weighted by molar-refractivity contribution is -0.142. The summed E-state index contributed by atoms with van der Waals surface area (Å²) in [6.07, 6.45) is -0.227. The molecule has 4 aromatic carbocycles. The summed E-state index contributed by atoms with van der Waals surface area (Å²) in [5.74, 6) is 0.462. The number of Topliss-reactive ketones (excluding diaryl/α,β-unsaturated/α-hetero) is 1. The fourth-order valence-corrected chi connectivity index (χ4v) is 4.47. The molecule has 0 aliphatic carbocycles. The van der Waals surface area contributed by atoms with E-state index >= 15 is 0 Å². The van der Waals surface area contributed by atoms with E-state index in [4.69, 9.17) is 32.7 Å². The fourth-order valence-electron chi connectivity index (χ4n) is 4.21. The molecule has 0 spiro atoms. The molecule has 0 fully saturated rings. The van der Waals surface area contributed by atoms with Gasteiger partial charge in [-0.2, -0.15) is 0 Å². The first kappa shape index (κ1) is 46.5. The summed E-state index contributed by atoms with van der Waals surface area (Å²) in [6.45, 7) is 3.42. The number of amides is 1. The number of ketones is 1. The molecule has 0 bridgehead atoms. The van der Waals surface area contributed by atoms with Crippen LogP contribution in [0.1, 0.15) is 52.9 Å². The van der Waals surface area contributed by atoms with E-state index in [1.807, 2.05) is 60.7 Å². The Hall–Kier alpha value is -5.52. The van der Waals surface area contributed by atoms with Crippen LogP contribution in [0, 0.1) is 0 Å². The highest BCUT2D eigenvalue weighted by Crippen LogP contribution is 2.27. The van der Waals surface area contributed by atoms with Gasteiger partial charge in [0, 0.05) is 34.2 Å². The second-order valence-electron chi connectivity index (χ2n) is 9.94. The van der Waals surface area contributed by atoms with Crippen molar-refractivity contribution >= 4 is 46.5 Å². The van der Waals surface area contributed by atoms with Gasteiger partial charge in [-0.25, -0.2) is 4.68 Å². The van der Waals surface area contributed by atoms with Gasteiger partial charge in [-0.3, -0.25) is 35.1 Å². The molecule has 1 aromatic heterocycles. The molecule has 13 heteroatoms. The average Bonchev–Trinajstić information content (AvgIpc) is 3.49. The predicted octanol–water partition coefficient (Wildman–Crippen LogP) is 9.04. The number of carbonyl (C=O) groups excluding carboxylic acids is 3. The first-order chi connectivity index (χ1) is 23.6. The van der Waals surface area contributed by atoms with E-state index in [9.17, 15) is 19.2 Å². The van der Waals surface area contributed by atoms with Gasteiger partial charge in [-0.1, -0.05) is 81.9 Å². The van der Waals surface area contributed by atoms with E-state index in [0.29, 0.717) is 27.1 Å². The molecular formula is C39H48Cl2N4O7. The minimum absolute atomic E-state index is 0. The van der Waals surface area contributed by atoms with Crippen LogP contribution in [-0.2, 0) is 14.3 Å². The third-order valence-corrected chi connectivity index (χ3v) is 6.96. The van der Waals surface area contributed by atoms with E-state index in [1.165, 1.54) is 6.92 Å².